The average Bonchev–Trinajstić information content (AvgIpc) is 2.98. The summed E-state index contributed by atoms with van der Waals surface area (Å²) in [7, 11) is 4.67. The number of benzene rings is 1. The van der Waals surface area contributed by atoms with Gasteiger partial charge in [0.25, 0.3) is 0 Å². The molecule has 0 unspecified atom stereocenters. The van der Waals surface area contributed by atoms with Gasteiger partial charge in [0.05, 0.1) is 59.9 Å². The number of aliphatic imine (C=N–C) groups is 1. The highest BCUT2D eigenvalue weighted by molar-refractivity contribution is 6.41. The Kier molecular flexibility index (Phi) is 9.98. The number of nitrogens with zero attached hydrogens (tertiary/aromatic N) is 4. The summed E-state index contributed by atoms with van der Waals surface area (Å²) in [4.78, 5) is 30.3. The molecule has 216 valence electrons. The van der Waals surface area contributed by atoms with Crippen LogP contribution in [0.25, 0.3) is 22.2 Å². The van der Waals surface area contributed by atoms with Gasteiger partial charge in [-0.05, 0) is 30.3 Å². The highest BCUT2D eigenvalue weighted by Crippen LogP contribution is 2.46. The van der Waals surface area contributed by atoms with Crippen LogP contribution in [0.5, 0.6) is 11.5 Å². The molecule has 41 heavy (non-hydrogen) atoms. The van der Waals surface area contributed by atoms with Crippen molar-refractivity contribution in [1.82, 2.24) is 20.3 Å². The topological polar surface area (TPSA) is 146 Å². The quantitative estimate of drug-likeness (QED) is 0.232. The van der Waals surface area contributed by atoms with E-state index in [0.29, 0.717) is 71.4 Å². The Bertz CT molecular complexity index is 1480. The van der Waals surface area contributed by atoms with Crippen molar-refractivity contribution in [3.63, 3.8) is 0 Å². The Hall–Kier alpha value is -3.93. The van der Waals surface area contributed by atoms with Gasteiger partial charge < -0.3 is 30.6 Å². The van der Waals surface area contributed by atoms with Crippen molar-refractivity contribution < 1.29 is 19.0 Å². The maximum atomic E-state index is 12.0. The highest BCUT2D eigenvalue weighted by Gasteiger charge is 2.28. The zero-order chi connectivity index (χ0) is 29.5. The third-order valence-electron chi connectivity index (χ3n) is 6.53. The SMILES string of the molecule is C=CC(=O)N[C@H]1CCOC[C@H]1Nc1ncc2cc(-c3c(Cl)c(OC)cc(OC)c3Cl)nc(CC(C=NC)=CN)c2n1. The van der Waals surface area contributed by atoms with Crippen LogP contribution in [0.15, 0.2) is 47.7 Å². The van der Waals surface area contributed by atoms with E-state index in [1.165, 1.54) is 26.5 Å². The third kappa shape index (κ3) is 6.70. The maximum Gasteiger partial charge on any atom is 0.243 e. The molecule has 1 aliphatic rings. The van der Waals surface area contributed by atoms with Crippen molar-refractivity contribution in [3.8, 4) is 22.8 Å². The molecule has 1 saturated heterocycles. The number of allylic oxidation sites excluding steroid dienone is 1. The van der Waals surface area contributed by atoms with Crippen LogP contribution in [0.1, 0.15) is 12.1 Å². The number of methoxy groups -OCH3 is 2. The molecule has 0 spiro atoms. The molecule has 0 aliphatic carbocycles. The van der Waals surface area contributed by atoms with E-state index in [2.05, 4.69) is 27.2 Å². The van der Waals surface area contributed by atoms with E-state index in [-0.39, 0.29) is 28.0 Å². The van der Waals surface area contributed by atoms with Gasteiger partial charge in [-0.25, -0.2) is 9.97 Å². The summed E-state index contributed by atoms with van der Waals surface area (Å²) in [5, 5.41) is 7.49. The van der Waals surface area contributed by atoms with E-state index in [1.54, 1.807) is 31.6 Å². The van der Waals surface area contributed by atoms with Gasteiger partial charge in [0.2, 0.25) is 11.9 Å². The van der Waals surface area contributed by atoms with Crippen molar-refractivity contribution in [1.29, 1.82) is 0 Å². The maximum absolute atomic E-state index is 12.0. The summed E-state index contributed by atoms with van der Waals surface area (Å²) in [6.07, 6.45) is 6.99. The fraction of sp³-hybridized carbons (Fsp3) is 0.321. The molecule has 3 heterocycles. The Labute approximate surface area is 247 Å². The lowest BCUT2D eigenvalue weighted by Crippen LogP contribution is -2.52. The normalized spacial score (nSPS) is 17.4. The summed E-state index contributed by atoms with van der Waals surface area (Å²) in [6, 6.07) is 2.97. The number of pyridine rings is 1. The Morgan fingerprint density at radius 3 is 2.59 bits per heavy atom. The van der Waals surface area contributed by atoms with E-state index in [9.17, 15) is 4.79 Å². The molecule has 0 bridgehead atoms. The fourth-order valence-corrected chi connectivity index (χ4v) is 5.20. The van der Waals surface area contributed by atoms with Crippen LogP contribution >= 0.6 is 23.2 Å². The second-order valence-corrected chi connectivity index (χ2v) is 9.86. The molecule has 0 radical (unpaired) electrons. The number of halogens is 2. The van der Waals surface area contributed by atoms with Gasteiger partial charge in [0.15, 0.2) is 0 Å². The second-order valence-electron chi connectivity index (χ2n) is 9.11. The van der Waals surface area contributed by atoms with E-state index in [4.69, 9.17) is 53.1 Å². The van der Waals surface area contributed by atoms with Crippen LogP contribution in [0.4, 0.5) is 5.95 Å². The van der Waals surface area contributed by atoms with Crippen LogP contribution in [0.2, 0.25) is 10.0 Å². The van der Waals surface area contributed by atoms with Gasteiger partial charge in [-0.3, -0.25) is 14.8 Å². The number of nitrogens with one attached hydrogen (secondary N) is 2. The Balaban J connectivity index is 1.83. The lowest BCUT2D eigenvalue weighted by molar-refractivity contribution is -0.117. The molecule has 2 aromatic heterocycles. The zero-order valence-electron chi connectivity index (χ0n) is 22.9. The summed E-state index contributed by atoms with van der Waals surface area (Å²) in [5.41, 5.74) is 8.70. The number of carbonyl (C=O) groups is 1. The smallest absolute Gasteiger partial charge is 0.243 e. The number of fused-ring (bicyclic) bond motifs is 1. The molecule has 4 rings (SSSR count). The number of ether oxygens (including phenoxy) is 3. The van der Waals surface area contributed by atoms with Gasteiger partial charge >= 0.3 is 0 Å². The summed E-state index contributed by atoms with van der Waals surface area (Å²) in [6.45, 7) is 4.43. The lowest BCUT2D eigenvalue weighted by atomic mass is 10.0. The van der Waals surface area contributed by atoms with Crippen LogP contribution < -0.4 is 25.8 Å². The van der Waals surface area contributed by atoms with Crippen LogP contribution in [-0.2, 0) is 16.0 Å². The molecule has 1 aliphatic heterocycles. The van der Waals surface area contributed by atoms with E-state index in [1.807, 2.05) is 0 Å². The fourth-order valence-electron chi connectivity index (χ4n) is 4.50. The third-order valence-corrected chi connectivity index (χ3v) is 7.28. The summed E-state index contributed by atoms with van der Waals surface area (Å²) in [5.74, 6) is 0.863. The number of aromatic nitrogens is 3. The Morgan fingerprint density at radius 2 is 1.95 bits per heavy atom. The minimum atomic E-state index is -0.257. The predicted molar refractivity (Wildman–Crippen MR) is 161 cm³/mol. The lowest BCUT2D eigenvalue weighted by Gasteiger charge is -2.32. The molecule has 2 atom stereocenters. The number of hydrogen-bond acceptors (Lipinski definition) is 10. The van der Waals surface area contributed by atoms with Gasteiger partial charge in [-0.1, -0.05) is 29.8 Å². The zero-order valence-corrected chi connectivity index (χ0v) is 24.4. The number of nitrogens with two attached hydrogens (primary N) is 1. The Morgan fingerprint density at radius 1 is 1.22 bits per heavy atom. The van der Waals surface area contributed by atoms with Crippen LogP contribution in [-0.4, -0.2) is 73.6 Å². The van der Waals surface area contributed by atoms with Gasteiger partial charge in [0, 0.05) is 49.5 Å². The molecule has 1 fully saturated rings. The molecule has 3 aromatic rings. The summed E-state index contributed by atoms with van der Waals surface area (Å²) < 4.78 is 16.5. The average molecular weight is 601 g/mol. The molecule has 13 heteroatoms. The summed E-state index contributed by atoms with van der Waals surface area (Å²) >= 11 is 13.4. The first kappa shape index (κ1) is 30.0. The minimum Gasteiger partial charge on any atom is -0.495 e. The molecular weight excluding hydrogens is 569 g/mol. The molecular formula is C28H31Cl2N7O4. The molecule has 11 nitrogen and oxygen atoms in total. The van der Waals surface area contributed by atoms with E-state index in [0.717, 1.165) is 5.57 Å². The second kappa shape index (κ2) is 13.6. The van der Waals surface area contributed by atoms with Gasteiger partial charge in [-0.2, -0.15) is 0 Å². The monoisotopic (exact) mass is 599 g/mol. The van der Waals surface area contributed by atoms with Crippen LogP contribution in [0.3, 0.4) is 0 Å². The van der Waals surface area contributed by atoms with Crippen molar-refractivity contribution in [2.75, 3.05) is 39.8 Å². The van der Waals surface area contributed by atoms with E-state index >= 15 is 0 Å². The number of carbonyl (C=O) groups excluding carboxylic acids is 1. The van der Waals surface area contributed by atoms with E-state index < -0.39 is 0 Å². The van der Waals surface area contributed by atoms with Crippen LogP contribution in [0, 0.1) is 0 Å². The molecule has 1 aromatic carbocycles. The highest BCUT2D eigenvalue weighted by atomic mass is 35.5. The van der Waals surface area contributed by atoms with Crippen molar-refractivity contribution in [3.05, 3.63) is 58.5 Å². The van der Waals surface area contributed by atoms with Crippen molar-refractivity contribution in [2.24, 2.45) is 10.7 Å². The number of hydrogen-bond donors (Lipinski definition) is 3. The van der Waals surface area contributed by atoms with Crippen molar-refractivity contribution in [2.45, 2.75) is 24.9 Å². The number of rotatable bonds is 10. The molecule has 1 amide bonds. The van der Waals surface area contributed by atoms with Gasteiger partial charge in [0.1, 0.15) is 11.5 Å². The first-order valence-corrected chi connectivity index (χ1v) is 13.5. The number of amides is 1. The first-order chi connectivity index (χ1) is 19.8. The largest absolute Gasteiger partial charge is 0.495 e. The molecule has 4 N–H and O–H groups in total. The first-order valence-electron chi connectivity index (χ1n) is 12.7. The standard InChI is InChI=1S/C28H31Cl2N7O4/c1-5-23(38)35-17-6-7-41-14-20(17)36-28-33-13-16-9-18(24-25(29)21(39-3)10-22(40-4)26(24)30)34-19(27(16)37-28)8-15(11-31)12-32-2/h5,9-13,17,20H,1,6-8,14,31H2,2-4H3,(H,35,38)(H,33,36,37)/t17-,20+/m0/s1. The molecule has 0 saturated carbocycles. The van der Waals surface area contributed by atoms with Gasteiger partial charge in [-0.15, -0.1) is 0 Å². The number of anilines is 1. The predicted octanol–water partition coefficient (Wildman–Crippen LogP) is 3.97. The van der Waals surface area contributed by atoms with Crippen molar-refractivity contribution >= 4 is 52.2 Å². The minimum absolute atomic E-state index is 0.187.